The van der Waals surface area contributed by atoms with E-state index in [1.54, 1.807) is 6.20 Å². The van der Waals surface area contributed by atoms with Crippen LogP contribution < -0.4 is 5.32 Å². The van der Waals surface area contributed by atoms with Crippen molar-refractivity contribution in [1.29, 1.82) is 0 Å². The smallest absolute Gasteiger partial charge is 0.109 e. The summed E-state index contributed by atoms with van der Waals surface area (Å²) in [5.41, 5.74) is 4.21. The molecule has 1 aromatic heterocycles. The number of β-amino-alcohol motifs (C(OH)–C–C–N with tert-alkyl or cyclic N) is 1. The molecule has 3 rings (SSSR count). The monoisotopic (exact) mass is 430 g/mol. The summed E-state index contributed by atoms with van der Waals surface area (Å²) in [7, 11) is 0. The molecule has 0 amide bonds. The molecular weight excluding hydrogens is 396 g/mol. The number of aromatic nitrogens is 2. The van der Waals surface area contributed by atoms with Crippen molar-refractivity contribution in [3.63, 3.8) is 0 Å². The lowest BCUT2D eigenvalue weighted by molar-refractivity contribution is -0.145. The Morgan fingerprint density at radius 3 is 2.58 bits per heavy atom. The maximum absolute atomic E-state index is 10.0. The fourth-order valence-corrected chi connectivity index (χ4v) is 4.13. The normalized spacial score (nSPS) is 24.3. The van der Waals surface area contributed by atoms with Gasteiger partial charge in [-0.05, 0) is 56.1 Å². The van der Waals surface area contributed by atoms with Crippen LogP contribution in [0.25, 0.3) is 11.3 Å². The van der Waals surface area contributed by atoms with Gasteiger partial charge in [0.1, 0.15) is 12.2 Å². The van der Waals surface area contributed by atoms with Crippen molar-refractivity contribution in [3.05, 3.63) is 42.1 Å². The van der Waals surface area contributed by atoms with Gasteiger partial charge in [-0.15, -0.1) is 0 Å². The number of aliphatic hydroxyl groups is 4. The first-order valence-electron chi connectivity index (χ1n) is 11.0. The van der Waals surface area contributed by atoms with Crippen molar-refractivity contribution in [2.75, 3.05) is 31.6 Å². The zero-order chi connectivity index (χ0) is 22.2. The highest BCUT2D eigenvalue weighted by Crippen LogP contribution is 2.23. The van der Waals surface area contributed by atoms with Gasteiger partial charge in [0.25, 0.3) is 0 Å². The molecule has 1 saturated heterocycles. The minimum atomic E-state index is -1.20. The molecule has 0 unspecified atom stereocenters. The van der Waals surface area contributed by atoms with Crippen LogP contribution in [0.4, 0.5) is 5.69 Å². The molecule has 5 N–H and O–H groups in total. The quantitative estimate of drug-likeness (QED) is 0.356. The van der Waals surface area contributed by atoms with Gasteiger partial charge in [-0.1, -0.05) is 18.9 Å². The van der Waals surface area contributed by atoms with E-state index in [0.717, 1.165) is 49.2 Å². The maximum atomic E-state index is 10.0. The van der Waals surface area contributed by atoms with E-state index in [1.165, 1.54) is 5.56 Å². The van der Waals surface area contributed by atoms with E-state index in [1.807, 2.05) is 17.0 Å². The fraction of sp³-hybridized carbons (Fsp3) is 0.565. The van der Waals surface area contributed by atoms with Gasteiger partial charge in [-0.3, -0.25) is 4.90 Å². The first-order valence-corrected chi connectivity index (χ1v) is 11.0. The molecule has 8 heteroatoms. The largest absolute Gasteiger partial charge is 0.395 e. The molecule has 31 heavy (non-hydrogen) atoms. The highest BCUT2D eigenvalue weighted by Gasteiger charge is 2.40. The summed E-state index contributed by atoms with van der Waals surface area (Å²) < 4.78 is 0. The number of piperidine rings is 1. The predicted molar refractivity (Wildman–Crippen MR) is 120 cm³/mol. The molecule has 1 aliphatic rings. The van der Waals surface area contributed by atoms with Crippen LogP contribution in [0.5, 0.6) is 0 Å². The number of benzene rings is 1. The van der Waals surface area contributed by atoms with Gasteiger partial charge < -0.3 is 25.7 Å². The van der Waals surface area contributed by atoms with Crippen LogP contribution in [0.3, 0.4) is 0 Å². The van der Waals surface area contributed by atoms with Gasteiger partial charge in [0, 0.05) is 30.5 Å². The average molecular weight is 431 g/mol. The lowest BCUT2D eigenvalue weighted by atomic mass is 9.94. The molecule has 0 saturated carbocycles. The first-order chi connectivity index (χ1) is 15.0. The van der Waals surface area contributed by atoms with Crippen LogP contribution in [-0.4, -0.2) is 86.1 Å². The number of likely N-dealkylation sites (tertiary alicyclic amines) is 1. The summed E-state index contributed by atoms with van der Waals surface area (Å²) in [4.78, 5) is 1.88. The van der Waals surface area contributed by atoms with Crippen molar-refractivity contribution >= 4 is 5.69 Å². The Kier molecular flexibility index (Phi) is 8.74. The molecule has 1 fully saturated rings. The van der Waals surface area contributed by atoms with Gasteiger partial charge in [-0.2, -0.15) is 10.2 Å². The molecule has 2 heterocycles. The summed E-state index contributed by atoms with van der Waals surface area (Å²) in [5, 5.41) is 50.8. The molecule has 1 aromatic carbocycles. The number of hydrogen-bond donors (Lipinski definition) is 5. The molecule has 4 atom stereocenters. The van der Waals surface area contributed by atoms with Crippen LogP contribution in [0.15, 0.2) is 36.5 Å². The topological polar surface area (TPSA) is 122 Å². The van der Waals surface area contributed by atoms with E-state index >= 15 is 0 Å². The number of nitrogens with one attached hydrogen (secondary N) is 1. The Morgan fingerprint density at radius 2 is 1.87 bits per heavy atom. The van der Waals surface area contributed by atoms with E-state index in [9.17, 15) is 20.4 Å². The lowest BCUT2D eigenvalue weighted by Gasteiger charge is -2.43. The SMILES string of the molecule is Cc1cc(-c2cccnn2)ccc1NCCCCCCN1C[C@H](O)[C@@H](O)[C@H](O)[C@H]1CO. The summed E-state index contributed by atoms with van der Waals surface area (Å²) in [6, 6.07) is 9.55. The van der Waals surface area contributed by atoms with Crippen LogP contribution in [-0.2, 0) is 0 Å². The first kappa shape index (κ1) is 23.6. The Balaban J connectivity index is 1.35. The second-order valence-corrected chi connectivity index (χ2v) is 8.27. The predicted octanol–water partition coefficient (Wildman–Crippen LogP) is 1.18. The summed E-state index contributed by atoms with van der Waals surface area (Å²) in [5.74, 6) is 0. The van der Waals surface area contributed by atoms with Gasteiger partial charge in [0.15, 0.2) is 0 Å². The third-order valence-electron chi connectivity index (χ3n) is 6.00. The number of aryl methyl sites for hydroxylation is 1. The lowest BCUT2D eigenvalue weighted by Crippen LogP contribution is -2.62. The number of anilines is 1. The Morgan fingerprint density at radius 1 is 1.06 bits per heavy atom. The van der Waals surface area contributed by atoms with Crippen LogP contribution in [0.2, 0.25) is 0 Å². The Bertz CT molecular complexity index is 807. The second-order valence-electron chi connectivity index (χ2n) is 8.27. The van der Waals surface area contributed by atoms with Gasteiger partial charge in [0.2, 0.25) is 0 Å². The van der Waals surface area contributed by atoms with Gasteiger partial charge >= 0.3 is 0 Å². The van der Waals surface area contributed by atoms with Crippen LogP contribution >= 0.6 is 0 Å². The summed E-state index contributed by atoms with van der Waals surface area (Å²) in [6.07, 6.45) is 2.41. The highest BCUT2D eigenvalue weighted by atomic mass is 16.4. The molecule has 0 aliphatic carbocycles. The molecule has 8 nitrogen and oxygen atoms in total. The number of unbranched alkanes of at least 4 members (excludes halogenated alkanes) is 3. The summed E-state index contributed by atoms with van der Waals surface area (Å²) >= 11 is 0. The molecule has 2 aromatic rings. The van der Waals surface area contributed by atoms with Crippen molar-refractivity contribution in [3.8, 4) is 11.3 Å². The van der Waals surface area contributed by atoms with Crippen LogP contribution in [0.1, 0.15) is 31.2 Å². The Labute approximate surface area is 183 Å². The van der Waals surface area contributed by atoms with E-state index in [0.29, 0.717) is 6.54 Å². The molecule has 1 aliphatic heterocycles. The fourth-order valence-electron chi connectivity index (χ4n) is 4.13. The number of nitrogens with zero attached hydrogens (tertiary/aromatic N) is 3. The van der Waals surface area contributed by atoms with Gasteiger partial charge in [-0.25, -0.2) is 0 Å². The molecule has 0 radical (unpaired) electrons. The molecular formula is C23H34N4O4. The number of aliphatic hydroxyl groups excluding tert-OH is 4. The number of hydrogen-bond acceptors (Lipinski definition) is 8. The maximum Gasteiger partial charge on any atom is 0.109 e. The second kappa shape index (κ2) is 11.5. The van der Waals surface area contributed by atoms with E-state index in [4.69, 9.17) is 0 Å². The molecule has 170 valence electrons. The highest BCUT2D eigenvalue weighted by molar-refractivity contribution is 5.65. The third kappa shape index (κ3) is 6.21. The Hall–Kier alpha value is -2.10. The average Bonchev–Trinajstić information content (AvgIpc) is 2.78. The third-order valence-corrected chi connectivity index (χ3v) is 6.00. The van der Waals surface area contributed by atoms with Crippen molar-refractivity contribution in [2.45, 2.75) is 57.0 Å². The van der Waals surface area contributed by atoms with Crippen molar-refractivity contribution in [2.24, 2.45) is 0 Å². The van der Waals surface area contributed by atoms with E-state index in [2.05, 4.69) is 40.6 Å². The number of rotatable bonds is 10. The van der Waals surface area contributed by atoms with E-state index in [-0.39, 0.29) is 13.2 Å². The van der Waals surface area contributed by atoms with E-state index < -0.39 is 24.4 Å². The zero-order valence-electron chi connectivity index (χ0n) is 18.1. The van der Waals surface area contributed by atoms with Crippen molar-refractivity contribution in [1.82, 2.24) is 15.1 Å². The summed E-state index contributed by atoms with van der Waals surface area (Å²) in [6.45, 7) is 3.69. The standard InChI is InChI=1S/C23H34N4O4/c1-16-13-17(19-7-6-11-25-26-19)8-9-18(16)24-10-4-2-3-5-12-27-14-21(29)23(31)22(30)20(27)15-28/h6-9,11,13,20-24,28-31H,2-5,10,12,14-15H2,1H3/t20-,21+,22-,23-/m1/s1. The minimum absolute atomic E-state index is 0.232. The van der Waals surface area contributed by atoms with Crippen molar-refractivity contribution < 1.29 is 20.4 Å². The molecule has 0 spiro atoms. The van der Waals surface area contributed by atoms with Crippen LogP contribution in [0, 0.1) is 6.92 Å². The minimum Gasteiger partial charge on any atom is -0.395 e. The zero-order valence-corrected chi connectivity index (χ0v) is 18.1. The van der Waals surface area contributed by atoms with Gasteiger partial charge in [0.05, 0.1) is 24.4 Å². The molecule has 0 bridgehead atoms.